The van der Waals surface area contributed by atoms with E-state index in [2.05, 4.69) is 0 Å². The van der Waals surface area contributed by atoms with Crippen molar-refractivity contribution in [3.05, 3.63) is 23.8 Å². The van der Waals surface area contributed by atoms with E-state index in [9.17, 15) is 13.2 Å². The fraction of sp³-hybridized carbons (Fsp3) is 0.588. The number of hydrogen-bond donors (Lipinski definition) is 0. The molecular weight excluding hydrogens is 330 g/mol. The molecule has 0 bridgehead atoms. The second kappa shape index (κ2) is 7.42. The van der Waals surface area contributed by atoms with Crippen LogP contribution < -0.4 is 9.47 Å². The Morgan fingerprint density at radius 2 is 1.79 bits per heavy atom. The van der Waals surface area contributed by atoms with E-state index in [1.807, 2.05) is 13.8 Å². The average Bonchev–Trinajstić information content (AvgIpc) is 2.90. The zero-order valence-electron chi connectivity index (χ0n) is 14.6. The standard InChI is InChI=1S/C17H25NO5S/c1-12(2)10-18(14-5-6-24(20,21)11-14)17(19)13-7-15(22-3)9-16(8-13)23-4/h7-9,12,14H,5-6,10-11H2,1-4H3/t14-/m0/s1. The van der Waals surface area contributed by atoms with Crippen molar-refractivity contribution in [3.63, 3.8) is 0 Å². The largest absolute Gasteiger partial charge is 0.497 e. The highest BCUT2D eigenvalue weighted by atomic mass is 32.2. The van der Waals surface area contributed by atoms with Gasteiger partial charge in [-0.05, 0) is 24.5 Å². The van der Waals surface area contributed by atoms with Crippen molar-refractivity contribution in [3.8, 4) is 11.5 Å². The van der Waals surface area contributed by atoms with E-state index in [0.717, 1.165) is 0 Å². The topological polar surface area (TPSA) is 72.9 Å². The molecule has 0 radical (unpaired) electrons. The SMILES string of the molecule is COc1cc(OC)cc(C(=O)N(CC(C)C)[C@H]2CCS(=O)(=O)C2)c1. The van der Waals surface area contributed by atoms with Gasteiger partial charge < -0.3 is 14.4 Å². The normalized spacial score (nSPS) is 19.3. The van der Waals surface area contributed by atoms with Crippen LogP contribution in [0, 0.1) is 5.92 Å². The van der Waals surface area contributed by atoms with E-state index in [1.54, 1.807) is 23.1 Å². The summed E-state index contributed by atoms with van der Waals surface area (Å²) in [6, 6.07) is 4.73. The van der Waals surface area contributed by atoms with Crippen molar-refractivity contribution in [1.82, 2.24) is 4.90 Å². The number of methoxy groups -OCH3 is 2. The Kier molecular flexibility index (Phi) is 5.74. The summed E-state index contributed by atoms with van der Waals surface area (Å²) in [6.45, 7) is 4.53. The Labute approximate surface area is 143 Å². The molecule has 1 aliphatic heterocycles. The van der Waals surface area contributed by atoms with Gasteiger partial charge in [-0.25, -0.2) is 8.42 Å². The van der Waals surface area contributed by atoms with Gasteiger partial charge in [-0.2, -0.15) is 0 Å². The molecule has 1 aromatic carbocycles. The number of carbonyl (C=O) groups excluding carboxylic acids is 1. The molecule has 0 aliphatic carbocycles. The number of sulfone groups is 1. The van der Waals surface area contributed by atoms with Crippen LogP contribution in [0.25, 0.3) is 0 Å². The van der Waals surface area contributed by atoms with Gasteiger partial charge in [0.2, 0.25) is 0 Å². The highest BCUT2D eigenvalue weighted by Crippen LogP contribution is 2.26. The van der Waals surface area contributed by atoms with E-state index >= 15 is 0 Å². The minimum absolute atomic E-state index is 0.0343. The third-order valence-electron chi connectivity index (χ3n) is 4.07. The molecular formula is C17H25NO5S. The van der Waals surface area contributed by atoms with E-state index < -0.39 is 9.84 Å². The third kappa shape index (κ3) is 4.41. The Balaban J connectivity index is 2.34. The van der Waals surface area contributed by atoms with Crippen molar-refractivity contribution < 1.29 is 22.7 Å². The molecule has 1 aliphatic rings. The summed E-state index contributed by atoms with van der Waals surface area (Å²) in [6.07, 6.45) is 0.488. The first-order valence-corrected chi connectivity index (χ1v) is 9.82. The van der Waals surface area contributed by atoms with Gasteiger partial charge >= 0.3 is 0 Å². The van der Waals surface area contributed by atoms with E-state index in [-0.39, 0.29) is 29.4 Å². The van der Waals surface area contributed by atoms with Crippen LogP contribution in [0.15, 0.2) is 18.2 Å². The lowest BCUT2D eigenvalue weighted by atomic mass is 10.1. The van der Waals surface area contributed by atoms with Crippen LogP contribution in [0.5, 0.6) is 11.5 Å². The summed E-state index contributed by atoms with van der Waals surface area (Å²) in [4.78, 5) is 14.7. The van der Waals surface area contributed by atoms with Gasteiger partial charge in [0.25, 0.3) is 5.91 Å². The number of rotatable bonds is 6. The summed E-state index contributed by atoms with van der Waals surface area (Å²) in [5, 5.41) is 0. The number of ether oxygens (including phenoxy) is 2. The van der Waals surface area contributed by atoms with Crippen LogP contribution >= 0.6 is 0 Å². The van der Waals surface area contributed by atoms with Gasteiger partial charge in [-0.15, -0.1) is 0 Å². The van der Waals surface area contributed by atoms with Gasteiger partial charge in [-0.1, -0.05) is 13.8 Å². The van der Waals surface area contributed by atoms with Crippen LogP contribution in [0.2, 0.25) is 0 Å². The van der Waals surface area contributed by atoms with E-state index in [1.165, 1.54) is 14.2 Å². The highest BCUT2D eigenvalue weighted by Gasteiger charge is 2.35. The quantitative estimate of drug-likeness (QED) is 0.780. The molecule has 6 nitrogen and oxygen atoms in total. The molecule has 1 amide bonds. The average molecular weight is 355 g/mol. The molecule has 0 spiro atoms. The molecule has 1 atom stereocenters. The zero-order chi connectivity index (χ0) is 17.9. The summed E-state index contributed by atoms with van der Waals surface area (Å²) in [7, 11) is -0.00841. The van der Waals surface area contributed by atoms with Crippen LogP contribution in [0.4, 0.5) is 0 Å². The van der Waals surface area contributed by atoms with Gasteiger partial charge in [0.05, 0.1) is 25.7 Å². The molecule has 2 rings (SSSR count). The summed E-state index contributed by atoms with van der Waals surface area (Å²) < 4.78 is 34.1. The van der Waals surface area contributed by atoms with Crippen LogP contribution in [-0.2, 0) is 9.84 Å². The molecule has 24 heavy (non-hydrogen) atoms. The fourth-order valence-corrected chi connectivity index (χ4v) is 4.64. The van der Waals surface area contributed by atoms with Crippen molar-refractivity contribution in [2.75, 3.05) is 32.3 Å². The fourth-order valence-electron chi connectivity index (χ4n) is 2.91. The maximum atomic E-state index is 13.0. The smallest absolute Gasteiger partial charge is 0.254 e. The Bertz CT molecular complexity index is 677. The van der Waals surface area contributed by atoms with E-state index in [4.69, 9.17) is 9.47 Å². The predicted octanol–water partition coefficient (Wildman–Crippen LogP) is 1.99. The number of amides is 1. The lowest BCUT2D eigenvalue weighted by Gasteiger charge is -2.30. The monoisotopic (exact) mass is 355 g/mol. The first kappa shape index (κ1) is 18.6. The minimum atomic E-state index is -3.06. The van der Waals surface area contributed by atoms with Crippen LogP contribution in [0.1, 0.15) is 30.6 Å². The lowest BCUT2D eigenvalue weighted by molar-refractivity contribution is 0.0671. The van der Waals surface area contributed by atoms with Crippen LogP contribution in [-0.4, -0.2) is 57.5 Å². The molecule has 1 saturated heterocycles. The van der Waals surface area contributed by atoms with Crippen molar-refractivity contribution in [2.45, 2.75) is 26.3 Å². The molecule has 1 aromatic rings. The molecule has 7 heteroatoms. The lowest BCUT2D eigenvalue weighted by Crippen LogP contribution is -2.43. The van der Waals surface area contributed by atoms with E-state index in [0.29, 0.717) is 30.0 Å². The van der Waals surface area contributed by atoms with Crippen molar-refractivity contribution in [1.29, 1.82) is 0 Å². The Morgan fingerprint density at radius 3 is 2.21 bits per heavy atom. The minimum Gasteiger partial charge on any atom is -0.497 e. The third-order valence-corrected chi connectivity index (χ3v) is 5.82. The molecule has 0 saturated carbocycles. The first-order chi connectivity index (χ1) is 11.3. The summed E-state index contributed by atoms with van der Waals surface area (Å²) >= 11 is 0. The maximum Gasteiger partial charge on any atom is 0.254 e. The number of carbonyl (C=O) groups is 1. The number of nitrogens with zero attached hydrogens (tertiary/aromatic N) is 1. The number of benzene rings is 1. The predicted molar refractivity (Wildman–Crippen MR) is 92.5 cm³/mol. The van der Waals surface area contributed by atoms with Crippen molar-refractivity contribution in [2.24, 2.45) is 5.92 Å². The highest BCUT2D eigenvalue weighted by molar-refractivity contribution is 7.91. The molecule has 0 unspecified atom stereocenters. The Hall–Kier alpha value is -1.76. The Morgan fingerprint density at radius 1 is 1.21 bits per heavy atom. The second-order valence-corrected chi connectivity index (χ2v) is 8.74. The molecule has 0 aromatic heterocycles. The summed E-state index contributed by atoms with van der Waals surface area (Å²) in [5.74, 6) is 1.28. The molecule has 1 heterocycles. The van der Waals surface area contributed by atoms with Gasteiger partial charge in [-0.3, -0.25) is 4.79 Å². The van der Waals surface area contributed by atoms with Gasteiger partial charge in [0.1, 0.15) is 11.5 Å². The first-order valence-electron chi connectivity index (χ1n) is 8.00. The van der Waals surface area contributed by atoms with Gasteiger partial charge in [0, 0.05) is 24.2 Å². The zero-order valence-corrected chi connectivity index (χ0v) is 15.4. The molecule has 0 N–H and O–H groups in total. The molecule has 134 valence electrons. The van der Waals surface area contributed by atoms with Crippen LogP contribution in [0.3, 0.4) is 0 Å². The second-order valence-electron chi connectivity index (χ2n) is 6.51. The number of hydrogen-bond acceptors (Lipinski definition) is 5. The molecule has 1 fully saturated rings. The maximum absolute atomic E-state index is 13.0. The van der Waals surface area contributed by atoms with Crippen molar-refractivity contribution >= 4 is 15.7 Å². The summed E-state index contributed by atoms with van der Waals surface area (Å²) in [5.41, 5.74) is 0.441. The van der Waals surface area contributed by atoms with Gasteiger partial charge in [0.15, 0.2) is 9.84 Å².